The van der Waals surface area contributed by atoms with Gasteiger partial charge in [-0.2, -0.15) is 0 Å². The Hall–Kier alpha value is -0.730. The molecule has 0 aromatic heterocycles. The van der Waals surface area contributed by atoms with Crippen molar-refractivity contribution in [3.63, 3.8) is 0 Å². The summed E-state index contributed by atoms with van der Waals surface area (Å²) < 4.78 is 5.53. The minimum Gasteiger partial charge on any atom is -0.489 e. The van der Waals surface area contributed by atoms with Gasteiger partial charge in [-0.15, -0.1) is 0 Å². The van der Waals surface area contributed by atoms with Crippen LogP contribution in [0.3, 0.4) is 0 Å². The molecule has 1 atom stereocenters. The van der Waals surface area contributed by atoms with Crippen molar-refractivity contribution >= 4 is 11.6 Å². The fourth-order valence-corrected chi connectivity index (χ4v) is 2.64. The van der Waals surface area contributed by atoms with E-state index >= 15 is 0 Å². The van der Waals surface area contributed by atoms with Gasteiger partial charge in [0.25, 0.3) is 0 Å². The summed E-state index contributed by atoms with van der Waals surface area (Å²) in [7, 11) is 0. The number of aliphatic hydroxyl groups excluding tert-OH is 1. The van der Waals surface area contributed by atoms with Gasteiger partial charge in [0.1, 0.15) is 12.4 Å². The maximum absolute atomic E-state index is 9.89. The monoisotopic (exact) mass is 254 g/mol. The molecule has 2 rings (SSSR count). The molecule has 0 amide bonds. The van der Waals surface area contributed by atoms with Crippen molar-refractivity contribution < 1.29 is 9.84 Å². The molecule has 0 spiro atoms. The third kappa shape index (κ3) is 3.90. The molecule has 1 unspecified atom stereocenters. The van der Waals surface area contributed by atoms with Crippen molar-refractivity contribution in [1.29, 1.82) is 0 Å². The molecular formula is C14H19ClO2. The van der Waals surface area contributed by atoms with E-state index in [4.69, 9.17) is 16.3 Å². The minimum absolute atomic E-state index is 0.334. The standard InChI is InChI=1S/C14H19ClO2/c15-13-7-3-4-8-14(13)17-10-12(16)9-11-5-1-2-6-11/h3-4,7-8,11-12,16H,1-2,5-6,9-10H2. The summed E-state index contributed by atoms with van der Waals surface area (Å²) in [6.07, 6.45) is 5.59. The number of para-hydroxylation sites is 1. The van der Waals surface area contributed by atoms with E-state index in [9.17, 15) is 5.11 Å². The summed E-state index contributed by atoms with van der Waals surface area (Å²) in [6, 6.07) is 7.36. The summed E-state index contributed by atoms with van der Waals surface area (Å²) in [6.45, 7) is 0.334. The third-order valence-corrected chi connectivity index (χ3v) is 3.66. The molecule has 1 saturated carbocycles. The number of aliphatic hydroxyl groups is 1. The summed E-state index contributed by atoms with van der Waals surface area (Å²) >= 11 is 5.97. The number of halogens is 1. The number of benzene rings is 1. The van der Waals surface area contributed by atoms with E-state index in [1.54, 1.807) is 6.07 Å². The zero-order valence-electron chi connectivity index (χ0n) is 9.94. The molecule has 1 N–H and O–H groups in total. The predicted octanol–water partition coefficient (Wildman–Crippen LogP) is 3.66. The number of rotatable bonds is 5. The second-order valence-corrected chi connectivity index (χ2v) is 5.19. The quantitative estimate of drug-likeness (QED) is 0.869. The Labute approximate surface area is 108 Å². The minimum atomic E-state index is -0.380. The van der Waals surface area contributed by atoms with Crippen molar-refractivity contribution in [3.8, 4) is 5.75 Å². The average Bonchev–Trinajstić information content (AvgIpc) is 2.81. The van der Waals surface area contributed by atoms with Gasteiger partial charge in [0.15, 0.2) is 0 Å². The van der Waals surface area contributed by atoms with Crippen LogP contribution >= 0.6 is 11.6 Å². The number of hydrogen-bond acceptors (Lipinski definition) is 2. The topological polar surface area (TPSA) is 29.5 Å². The van der Waals surface area contributed by atoms with Crippen LogP contribution in [0.5, 0.6) is 5.75 Å². The van der Waals surface area contributed by atoms with Crippen LogP contribution in [0.1, 0.15) is 32.1 Å². The van der Waals surface area contributed by atoms with Crippen LogP contribution in [0.2, 0.25) is 5.02 Å². The molecule has 0 bridgehead atoms. The smallest absolute Gasteiger partial charge is 0.138 e. The zero-order chi connectivity index (χ0) is 12.1. The van der Waals surface area contributed by atoms with Gasteiger partial charge in [0.05, 0.1) is 11.1 Å². The molecule has 1 aromatic rings. The molecule has 1 fully saturated rings. The molecule has 0 radical (unpaired) electrons. The van der Waals surface area contributed by atoms with Gasteiger partial charge in [-0.3, -0.25) is 0 Å². The maximum atomic E-state index is 9.89. The van der Waals surface area contributed by atoms with Crippen LogP contribution in [0.15, 0.2) is 24.3 Å². The van der Waals surface area contributed by atoms with E-state index < -0.39 is 0 Å². The lowest BCUT2D eigenvalue weighted by Gasteiger charge is -2.16. The SMILES string of the molecule is OC(COc1ccccc1Cl)CC1CCCC1. The van der Waals surface area contributed by atoms with Gasteiger partial charge in [-0.1, -0.05) is 49.4 Å². The first-order chi connectivity index (χ1) is 8.25. The molecule has 1 aromatic carbocycles. The fraction of sp³-hybridized carbons (Fsp3) is 0.571. The van der Waals surface area contributed by atoms with E-state index in [-0.39, 0.29) is 6.10 Å². The molecule has 2 nitrogen and oxygen atoms in total. The number of hydrogen-bond donors (Lipinski definition) is 1. The second kappa shape index (κ2) is 6.27. The maximum Gasteiger partial charge on any atom is 0.138 e. The van der Waals surface area contributed by atoms with Crippen LogP contribution < -0.4 is 4.74 Å². The molecule has 0 heterocycles. The molecule has 1 aliphatic carbocycles. The summed E-state index contributed by atoms with van der Waals surface area (Å²) in [5.41, 5.74) is 0. The van der Waals surface area contributed by atoms with E-state index in [1.807, 2.05) is 18.2 Å². The van der Waals surface area contributed by atoms with Crippen molar-refractivity contribution in [1.82, 2.24) is 0 Å². The van der Waals surface area contributed by atoms with Crippen LogP contribution in [0, 0.1) is 5.92 Å². The summed E-state index contributed by atoms with van der Waals surface area (Å²) in [4.78, 5) is 0. The van der Waals surface area contributed by atoms with Crippen molar-refractivity contribution in [2.45, 2.75) is 38.2 Å². The summed E-state index contributed by atoms with van der Waals surface area (Å²) in [5, 5.41) is 10.5. The average molecular weight is 255 g/mol. The van der Waals surface area contributed by atoms with Crippen LogP contribution in [-0.4, -0.2) is 17.8 Å². The molecule has 17 heavy (non-hydrogen) atoms. The van der Waals surface area contributed by atoms with Crippen LogP contribution in [0.25, 0.3) is 0 Å². The summed E-state index contributed by atoms with van der Waals surface area (Å²) in [5.74, 6) is 1.33. The van der Waals surface area contributed by atoms with Gasteiger partial charge in [0, 0.05) is 0 Å². The predicted molar refractivity (Wildman–Crippen MR) is 69.5 cm³/mol. The Kier molecular flexibility index (Phi) is 4.69. The zero-order valence-corrected chi connectivity index (χ0v) is 10.7. The van der Waals surface area contributed by atoms with Crippen LogP contribution in [-0.2, 0) is 0 Å². The van der Waals surface area contributed by atoms with E-state index in [0.29, 0.717) is 23.3 Å². The Morgan fingerprint density at radius 2 is 2.00 bits per heavy atom. The van der Waals surface area contributed by atoms with E-state index in [0.717, 1.165) is 6.42 Å². The van der Waals surface area contributed by atoms with E-state index in [1.165, 1.54) is 25.7 Å². The lowest BCUT2D eigenvalue weighted by molar-refractivity contribution is 0.0856. The second-order valence-electron chi connectivity index (χ2n) is 4.78. The Morgan fingerprint density at radius 1 is 1.29 bits per heavy atom. The molecule has 0 saturated heterocycles. The molecule has 3 heteroatoms. The molecule has 94 valence electrons. The number of ether oxygens (including phenoxy) is 1. The van der Waals surface area contributed by atoms with Crippen LogP contribution in [0.4, 0.5) is 0 Å². The van der Waals surface area contributed by atoms with Gasteiger partial charge < -0.3 is 9.84 Å². The van der Waals surface area contributed by atoms with Gasteiger partial charge in [0.2, 0.25) is 0 Å². The first kappa shape index (κ1) is 12.7. The van der Waals surface area contributed by atoms with Crippen molar-refractivity contribution in [3.05, 3.63) is 29.3 Å². The van der Waals surface area contributed by atoms with Gasteiger partial charge in [-0.25, -0.2) is 0 Å². The Bertz CT molecular complexity index is 348. The molecular weight excluding hydrogens is 236 g/mol. The highest BCUT2D eigenvalue weighted by molar-refractivity contribution is 6.32. The highest BCUT2D eigenvalue weighted by Gasteiger charge is 2.19. The highest BCUT2D eigenvalue weighted by Crippen LogP contribution is 2.29. The highest BCUT2D eigenvalue weighted by atomic mass is 35.5. The molecule has 1 aliphatic rings. The largest absolute Gasteiger partial charge is 0.489 e. The third-order valence-electron chi connectivity index (χ3n) is 3.35. The Morgan fingerprint density at radius 3 is 2.71 bits per heavy atom. The lowest BCUT2D eigenvalue weighted by Crippen LogP contribution is -2.20. The Balaban J connectivity index is 1.75. The molecule has 0 aliphatic heterocycles. The first-order valence-electron chi connectivity index (χ1n) is 6.31. The van der Waals surface area contributed by atoms with Gasteiger partial charge >= 0.3 is 0 Å². The van der Waals surface area contributed by atoms with Gasteiger partial charge in [-0.05, 0) is 24.5 Å². The lowest BCUT2D eigenvalue weighted by atomic mass is 10.0. The van der Waals surface area contributed by atoms with Crippen molar-refractivity contribution in [2.75, 3.05) is 6.61 Å². The van der Waals surface area contributed by atoms with Crippen molar-refractivity contribution in [2.24, 2.45) is 5.92 Å². The fourth-order valence-electron chi connectivity index (χ4n) is 2.45. The van der Waals surface area contributed by atoms with E-state index in [2.05, 4.69) is 0 Å². The first-order valence-corrected chi connectivity index (χ1v) is 6.69. The normalized spacial score (nSPS) is 18.2.